The number of rotatable bonds is 6. The summed E-state index contributed by atoms with van der Waals surface area (Å²) in [6, 6.07) is 14.3. The van der Waals surface area contributed by atoms with Gasteiger partial charge in [-0.2, -0.15) is 9.40 Å². The van der Waals surface area contributed by atoms with E-state index in [-0.39, 0.29) is 17.1 Å². The van der Waals surface area contributed by atoms with Gasteiger partial charge >= 0.3 is 0 Å². The molecule has 0 amide bonds. The maximum atomic E-state index is 12.6. The van der Waals surface area contributed by atoms with Crippen LogP contribution in [0.2, 0.25) is 0 Å². The van der Waals surface area contributed by atoms with Crippen molar-refractivity contribution < 1.29 is 13.3 Å². The summed E-state index contributed by atoms with van der Waals surface area (Å²) in [5.74, 6) is 0. The van der Waals surface area contributed by atoms with Gasteiger partial charge in [-0.05, 0) is 24.3 Å². The largest absolute Gasteiger partial charge is 0.269 e. The number of nitrogens with zero attached hydrogens (tertiary/aromatic N) is 4. The van der Waals surface area contributed by atoms with Gasteiger partial charge in [-0.25, -0.2) is 13.1 Å². The number of nitro benzene ring substituents is 1. The van der Waals surface area contributed by atoms with Crippen molar-refractivity contribution in [3.8, 4) is 5.69 Å². The molecule has 2 aromatic carbocycles. The van der Waals surface area contributed by atoms with Crippen LogP contribution in [0.25, 0.3) is 5.69 Å². The molecule has 3 aromatic rings. The van der Waals surface area contributed by atoms with Crippen LogP contribution in [-0.2, 0) is 16.6 Å². The Morgan fingerprint density at radius 1 is 1.12 bits per heavy atom. The summed E-state index contributed by atoms with van der Waals surface area (Å²) in [5.41, 5.74) is 1.44. The maximum Gasteiger partial charge on any atom is 0.269 e. The number of sulfonamides is 1. The molecule has 26 heavy (non-hydrogen) atoms. The van der Waals surface area contributed by atoms with Crippen LogP contribution in [-0.4, -0.2) is 34.5 Å². The SMILES string of the molecule is CN(Cc1cnn(-c2ccccc2)c1)S(=O)(=O)c1ccc([N+](=O)[O-])cc1. The number of benzene rings is 2. The van der Waals surface area contributed by atoms with E-state index in [2.05, 4.69) is 5.10 Å². The normalized spacial score (nSPS) is 11.6. The van der Waals surface area contributed by atoms with Crippen LogP contribution in [0.1, 0.15) is 5.56 Å². The molecule has 0 saturated carbocycles. The highest BCUT2D eigenvalue weighted by atomic mass is 32.2. The zero-order chi connectivity index (χ0) is 18.7. The molecule has 0 radical (unpaired) electrons. The third-order valence-corrected chi connectivity index (χ3v) is 5.64. The van der Waals surface area contributed by atoms with E-state index in [0.29, 0.717) is 0 Å². The van der Waals surface area contributed by atoms with Gasteiger partial charge in [0.2, 0.25) is 10.0 Å². The van der Waals surface area contributed by atoms with Crippen molar-refractivity contribution in [2.45, 2.75) is 11.4 Å². The summed E-state index contributed by atoms with van der Waals surface area (Å²) in [6.45, 7) is 0.131. The van der Waals surface area contributed by atoms with E-state index in [1.54, 1.807) is 17.1 Å². The predicted molar refractivity (Wildman–Crippen MR) is 95.3 cm³/mol. The first-order chi connectivity index (χ1) is 12.4. The van der Waals surface area contributed by atoms with Gasteiger partial charge in [0.1, 0.15) is 0 Å². The number of aromatic nitrogens is 2. The third-order valence-electron chi connectivity index (χ3n) is 3.82. The first-order valence-corrected chi connectivity index (χ1v) is 9.12. The summed E-state index contributed by atoms with van der Waals surface area (Å²) in [7, 11) is -2.31. The maximum absolute atomic E-state index is 12.6. The smallest absolute Gasteiger partial charge is 0.258 e. The first-order valence-electron chi connectivity index (χ1n) is 7.68. The molecular weight excluding hydrogens is 356 g/mol. The lowest BCUT2D eigenvalue weighted by molar-refractivity contribution is -0.384. The van der Waals surface area contributed by atoms with Gasteiger partial charge in [0.25, 0.3) is 5.69 Å². The van der Waals surface area contributed by atoms with Crippen LogP contribution in [0.15, 0.2) is 71.9 Å². The zero-order valence-corrected chi connectivity index (χ0v) is 14.7. The topological polar surface area (TPSA) is 98.3 Å². The molecule has 9 heteroatoms. The molecule has 0 spiro atoms. The Morgan fingerprint density at radius 2 is 1.77 bits per heavy atom. The average molecular weight is 372 g/mol. The number of non-ortho nitro benzene ring substituents is 1. The van der Waals surface area contributed by atoms with Crippen molar-refractivity contribution in [3.63, 3.8) is 0 Å². The second-order valence-corrected chi connectivity index (χ2v) is 7.69. The number of para-hydroxylation sites is 1. The lowest BCUT2D eigenvalue weighted by Gasteiger charge is -2.16. The van der Waals surface area contributed by atoms with Crippen LogP contribution < -0.4 is 0 Å². The fraction of sp³-hybridized carbons (Fsp3) is 0.118. The minimum Gasteiger partial charge on any atom is -0.258 e. The molecule has 0 atom stereocenters. The van der Waals surface area contributed by atoms with E-state index in [1.807, 2.05) is 30.3 Å². The van der Waals surface area contributed by atoms with E-state index in [0.717, 1.165) is 11.3 Å². The molecule has 0 N–H and O–H groups in total. The van der Waals surface area contributed by atoms with Crippen molar-refractivity contribution in [1.82, 2.24) is 14.1 Å². The molecule has 3 rings (SSSR count). The molecule has 1 aromatic heterocycles. The van der Waals surface area contributed by atoms with Crippen LogP contribution in [0.3, 0.4) is 0 Å². The molecule has 0 aliphatic carbocycles. The van der Waals surface area contributed by atoms with E-state index in [1.165, 1.54) is 35.6 Å². The Morgan fingerprint density at radius 3 is 2.38 bits per heavy atom. The fourth-order valence-corrected chi connectivity index (χ4v) is 3.58. The highest BCUT2D eigenvalue weighted by Crippen LogP contribution is 2.20. The first kappa shape index (κ1) is 17.8. The standard InChI is InChI=1S/C17H16N4O4S/c1-19(26(24,25)17-9-7-16(8-10-17)21(22)23)12-14-11-18-20(13-14)15-5-3-2-4-6-15/h2-11,13H,12H2,1H3. The van der Waals surface area contributed by atoms with E-state index in [4.69, 9.17) is 0 Å². The minimum absolute atomic E-state index is 0.000973. The molecule has 0 unspecified atom stereocenters. The van der Waals surface area contributed by atoms with Crippen LogP contribution in [0.4, 0.5) is 5.69 Å². The Bertz CT molecular complexity index is 1010. The summed E-state index contributed by atoms with van der Waals surface area (Å²) in [5, 5.41) is 14.9. The van der Waals surface area contributed by atoms with Crippen LogP contribution in [0.5, 0.6) is 0 Å². The molecule has 134 valence electrons. The number of nitro groups is 1. The molecule has 1 heterocycles. The van der Waals surface area contributed by atoms with Crippen LogP contribution >= 0.6 is 0 Å². The lowest BCUT2D eigenvalue weighted by Crippen LogP contribution is -2.26. The van der Waals surface area contributed by atoms with Gasteiger partial charge in [-0.15, -0.1) is 0 Å². The monoisotopic (exact) mass is 372 g/mol. The Hall–Kier alpha value is -3.04. The Kier molecular flexibility index (Phi) is 4.83. The quantitative estimate of drug-likeness (QED) is 0.489. The molecular formula is C17H16N4O4S. The average Bonchev–Trinajstić information content (AvgIpc) is 3.11. The van der Waals surface area contributed by atoms with Gasteiger partial charge in [0.15, 0.2) is 0 Å². The molecule has 8 nitrogen and oxygen atoms in total. The van der Waals surface area contributed by atoms with Gasteiger partial charge in [-0.3, -0.25) is 10.1 Å². The van der Waals surface area contributed by atoms with Crippen molar-refractivity contribution in [3.05, 3.63) is 82.7 Å². The Balaban J connectivity index is 1.77. The molecule has 0 bridgehead atoms. The summed E-state index contributed by atoms with van der Waals surface area (Å²) >= 11 is 0. The van der Waals surface area contributed by atoms with E-state index in [9.17, 15) is 18.5 Å². The minimum atomic E-state index is -3.76. The second-order valence-electron chi connectivity index (χ2n) is 5.64. The summed E-state index contributed by atoms with van der Waals surface area (Å²) in [6.07, 6.45) is 3.37. The van der Waals surface area contributed by atoms with E-state index < -0.39 is 14.9 Å². The van der Waals surface area contributed by atoms with Crippen molar-refractivity contribution >= 4 is 15.7 Å². The third kappa shape index (κ3) is 3.63. The molecule has 0 aliphatic rings. The van der Waals surface area contributed by atoms with Crippen LogP contribution in [0, 0.1) is 10.1 Å². The van der Waals surface area contributed by atoms with Gasteiger partial charge in [-0.1, -0.05) is 18.2 Å². The van der Waals surface area contributed by atoms with Crippen molar-refractivity contribution in [2.24, 2.45) is 0 Å². The predicted octanol–water partition coefficient (Wildman–Crippen LogP) is 2.60. The van der Waals surface area contributed by atoms with Gasteiger partial charge in [0, 0.05) is 37.5 Å². The highest BCUT2D eigenvalue weighted by Gasteiger charge is 2.22. The van der Waals surface area contributed by atoms with Crippen molar-refractivity contribution in [2.75, 3.05) is 7.05 Å². The van der Waals surface area contributed by atoms with Crippen molar-refractivity contribution in [1.29, 1.82) is 0 Å². The van der Waals surface area contributed by atoms with E-state index >= 15 is 0 Å². The summed E-state index contributed by atoms with van der Waals surface area (Å²) < 4.78 is 28.1. The molecule has 0 saturated heterocycles. The summed E-state index contributed by atoms with van der Waals surface area (Å²) in [4.78, 5) is 10.1. The fourth-order valence-electron chi connectivity index (χ4n) is 2.43. The highest BCUT2D eigenvalue weighted by molar-refractivity contribution is 7.89. The van der Waals surface area contributed by atoms with Gasteiger partial charge in [0.05, 0.1) is 21.7 Å². The number of hydrogen-bond donors (Lipinski definition) is 0. The zero-order valence-electron chi connectivity index (χ0n) is 13.9. The lowest BCUT2D eigenvalue weighted by atomic mass is 10.3. The molecule has 0 fully saturated rings. The Labute approximate surface area is 150 Å². The number of hydrogen-bond acceptors (Lipinski definition) is 5. The molecule has 0 aliphatic heterocycles. The van der Waals surface area contributed by atoms with Gasteiger partial charge < -0.3 is 0 Å². The second kappa shape index (κ2) is 7.06.